The van der Waals surface area contributed by atoms with Crippen molar-refractivity contribution in [1.82, 2.24) is 9.97 Å². The number of aryl methyl sites for hydroxylation is 1. The van der Waals surface area contributed by atoms with Crippen LogP contribution >= 0.6 is 0 Å². The number of hydrogen-bond acceptors (Lipinski definition) is 2. The smallest absolute Gasteiger partial charge is 0.0890 e. The van der Waals surface area contributed by atoms with Crippen LogP contribution in [0, 0.1) is 0 Å². The Morgan fingerprint density at radius 2 is 1.67 bits per heavy atom. The molecule has 0 unspecified atom stereocenters. The van der Waals surface area contributed by atoms with Crippen molar-refractivity contribution >= 4 is 11.0 Å². The van der Waals surface area contributed by atoms with Crippen molar-refractivity contribution in [2.75, 3.05) is 0 Å². The monoisotopic (exact) mass is 200 g/mol. The van der Waals surface area contributed by atoms with Crippen LogP contribution in [0.1, 0.15) is 38.1 Å². The molecule has 0 aliphatic heterocycles. The van der Waals surface area contributed by atoms with Crippen LogP contribution in [0.15, 0.2) is 24.3 Å². The van der Waals surface area contributed by atoms with Crippen LogP contribution in [0.4, 0.5) is 0 Å². The molecule has 0 aromatic carbocycles. The van der Waals surface area contributed by atoms with Crippen molar-refractivity contribution in [3.8, 4) is 0 Å². The second kappa shape index (κ2) is 3.97. The summed E-state index contributed by atoms with van der Waals surface area (Å²) in [5, 5.41) is 0. The van der Waals surface area contributed by atoms with Crippen molar-refractivity contribution < 1.29 is 0 Å². The zero-order valence-corrected chi connectivity index (χ0v) is 9.49. The molecule has 2 nitrogen and oxygen atoms in total. The molecule has 0 atom stereocenters. The van der Waals surface area contributed by atoms with Gasteiger partial charge in [-0.3, -0.25) is 9.97 Å². The van der Waals surface area contributed by atoms with E-state index in [-0.39, 0.29) is 0 Å². The first-order chi connectivity index (χ1) is 7.20. The lowest BCUT2D eigenvalue weighted by Gasteiger charge is -2.06. The van der Waals surface area contributed by atoms with Crippen LogP contribution in [0.5, 0.6) is 0 Å². The van der Waals surface area contributed by atoms with E-state index >= 15 is 0 Å². The Hall–Kier alpha value is -1.44. The largest absolute Gasteiger partial charge is 0.251 e. The van der Waals surface area contributed by atoms with E-state index in [1.165, 1.54) is 0 Å². The molecule has 0 fully saturated rings. The minimum Gasteiger partial charge on any atom is -0.251 e. The van der Waals surface area contributed by atoms with Crippen LogP contribution < -0.4 is 0 Å². The molecule has 2 heterocycles. The van der Waals surface area contributed by atoms with Gasteiger partial charge in [0.2, 0.25) is 0 Å². The van der Waals surface area contributed by atoms with Gasteiger partial charge in [0, 0.05) is 11.4 Å². The van der Waals surface area contributed by atoms with Gasteiger partial charge in [0.1, 0.15) is 0 Å². The molecule has 0 saturated heterocycles. The van der Waals surface area contributed by atoms with E-state index in [1.54, 1.807) is 0 Å². The fourth-order valence-corrected chi connectivity index (χ4v) is 1.59. The van der Waals surface area contributed by atoms with Gasteiger partial charge in [0.05, 0.1) is 11.0 Å². The average molecular weight is 200 g/mol. The molecule has 78 valence electrons. The van der Waals surface area contributed by atoms with Crippen LogP contribution in [-0.4, -0.2) is 9.97 Å². The summed E-state index contributed by atoms with van der Waals surface area (Å²) in [6.45, 7) is 6.42. The van der Waals surface area contributed by atoms with Gasteiger partial charge in [-0.15, -0.1) is 0 Å². The summed E-state index contributed by atoms with van der Waals surface area (Å²) in [5.41, 5.74) is 4.26. The zero-order valence-electron chi connectivity index (χ0n) is 9.49. The fourth-order valence-electron chi connectivity index (χ4n) is 1.59. The van der Waals surface area contributed by atoms with Gasteiger partial charge in [-0.1, -0.05) is 20.8 Å². The van der Waals surface area contributed by atoms with Gasteiger partial charge < -0.3 is 0 Å². The summed E-state index contributed by atoms with van der Waals surface area (Å²) in [4.78, 5) is 9.12. The number of pyridine rings is 2. The van der Waals surface area contributed by atoms with Crippen molar-refractivity contribution in [2.45, 2.75) is 33.1 Å². The Kier molecular flexibility index (Phi) is 2.67. The third-order valence-electron chi connectivity index (χ3n) is 2.58. The minimum absolute atomic E-state index is 0.472. The Balaban J connectivity index is 2.55. The molecule has 0 saturated carbocycles. The topological polar surface area (TPSA) is 25.8 Å². The number of hydrogen-bond donors (Lipinski definition) is 0. The van der Waals surface area contributed by atoms with Gasteiger partial charge in [0.15, 0.2) is 0 Å². The zero-order chi connectivity index (χ0) is 10.8. The summed E-state index contributed by atoms with van der Waals surface area (Å²) >= 11 is 0. The third kappa shape index (κ3) is 1.99. The van der Waals surface area contributed by atoms with Crippen LogP contribution in [-0.2, 0) is 6.42 Å². The summed E-state index contributed by atoms with van der Waals surface area (Å²) < 4.78 is 0. The fraction of sp³-hybridized carbons (Fsp3) is 0.385. The van der Waals surface area contributed by atoms with E-state index in [1.807, 2.05) is 0 Å². The van der Waals surface area contributed by atoms with Crippen molar-refractivity contribution in [3.63, 3.8) is 0 Å². The third-order valence-corrected chi connectivity index (χ3v) is 2.58. The highest BCUT2D eigenvalue weighted by atomic mass is 14.8. The normalized spacial score (nSPS) is 11.2. The molecule has 0 radical (unpaired) electrons. The average Bonchev–Trinajstić information content (AvgIpc) is 2.27. The molecule has 2 aromatic rings. The quantitative estimate of drug-likeness (QED) is 0.743. The molecular formula is C13H16N2. The molecule has 2 rings (SSSR count). The Bertz CT molecular complexity index is 475. The maximum absolute atomic E-state index is 4.59. The number of fused-ring (bicyclic) bond motifs is 1. The molecule has 0 spiro atoms. The molecule has 0 N–H and O–H groups in total. The standard InChI is InChI=1S/C13H16N2/c1-4-10-5-6-13-12(14-10)8-7-11(15-13)9(2)3/h5-9H,4H2,1-3H3. The second-order valence-corrected chi connectivity index (χ2v) is 4.09. The highest BCUT2D eigenvalue weighted by molar-refractivity contribution is 5.74. The van der Waals surface area contributed by atoms with Crippen molar-refractivity contribution in [2.24, 2.45) is 0 Å². The van der Waals surface area contributed by atoms with Crippen LogP contribution in [0.25, 0.3) is 11.0 Å². The molecular weight excluding hydrogens is 184 g/mol. The minimum atomic E-state index is 0.472. The van der Waals surface area contributed by atoms with Gasteiger partial charge in [0.25, 0.3) is 0 Å². The van der Waals surface area contributed by atoms with E-state index in [0.29, 0.717) is 5.92 Å². The molecule has 2 heteroatoms. The lowest BCUT2D eigenvalue weighted by molar-refractivity contribution is 0.829. The highest BCUT2D eigenvalue weighted by Gasteiger charge is 2.03. The van der Waals surface area contributed by atoms with E-state index in [2.05, 4.69) is 55.0 Å². The van der Waals surface area contributed by atoms with Crippen LogP contribution in [0.2, 0.25) is 0 Å². The van der Waals surface area contributed by atoms with Crippen molar-refractivity contribution in [1.29, 1.82) is 0 Å². The summed E-state index contributed by atoms with van der Waals surface area (Å²) in [7, 11) is 0. The van der Waals surface area contributed by atoms with Crippen molar-refractivity contribution in [3.05, 3.63) is 35.7 Å². The molecule has 2 aromatic heterocycles. The number of aromatic nitrogens is 2. The summed E-state index contributed by atoms with van der Waals surface area (Å²) in [6, 6.07) is 8.25. The molecule has 0 aliphatic carbocycles. The molecule has 0 aliphatic rings. The van der Waals surface area contributed by atoms with E-state index in [4.69, 9.17) is 0 Å². The molecule has 0 amide bonds. The maximum atomic E-state index is 4.59. The predicted molar refractivity (Wildman–Crippen MR) is 63.0 cm³/mol. The van der Waals surface area contributed by atoms with E-state index in [0.717, 1.165) is 28.8 Å². The second-order valence-electron chi connectivity index (χ2n) is 4.09. The Morgan fingerprint density at radius 3 is 2.33 bits per heavy atom. The van der Waals surface area contributed by atoms with Crippen LogP contribution in [0.3, 0.4) is 0 Å². The Labute approximate surface area is 90.4 Å². The van der Waals surface area contributed by atoms with Gasteiger partial charge in [-0.05, 0) is 36.6 Å². The SMILES string of the molecule is CCc1ccc2nc(C(C)C)ccc2n1. The van der Waals surface area contributed by atoms with E-state index < -0.39 is 0 Å². The molecule has 15 heavy (non-hydrogen) atoms. The lowest BCUT2D eigenvalue weighted by atomic mass is 10.1. The first kappa shape index (κ1) is 10.1. The predicted octanol–water partition coefficient (Wildman–Crippen LogP) is 3.32. The Morgan fingerprint density at radius 1 is 1.00 bits per heavy atom. The maximum Gasteiger partial charge on any atom is 0.0890 e. The highest BCUT2D eigenvalue weighted by Crippen LogP contribution is 2.16. The number of rotatable bonds is 2. The lowest BCUT2D eigenvalue weighted by Crippen LogP contribution is -1.95. The van der Waals surface area contributed by atoms with E-state index in [9.17, 15) is 0 Å². The summed E-state index contributed by atoms with van der Waals surface area (Å²) in [5.74, 6) is 0.472. The summed E-state index contributed by atoms with van der Waals surface area (Å²) in [6.07, 6.45) is 0.974. The molecule has 0 bridgehead atoms. The first-order valence-corrected chi connectivity index (χ1v) is 5.47. The number of nitrogens with zero attached hydrogens (tertiary/aromatic N) is 2. The van der Waals surface area contributed by atoms with Gasteiger partial charge in [-0.25, -0.2) is 0 Å². The first-order valence-electron chi connectivity index (χ1n) is 5.47. The van der Waals surface area contributed by atoms with Gasteiger partial charge >= 0.3 is 0 Å². The van der Waals surface area contributed by atoms with Gasteiger partial charge in [-0.2, -0.15) is 0 Å².